The summed E-state index contributed by atoms with van der Waals surface area (Å²) in [6.07, 6.45) is 5.86. The highest BCUT2D eigenvalue weighted by Crippen LogP contribution is 2.30. The lowest BCUT2D eigenvalue weighted by Gasteiger charge is -2.31. The van der Waals surface area contributed by atoms with Crippen molar-refractivity contribution in [3.8, 4) is 0 Å². The minimum atomic E-state index is -4.44. The van der Waals surface area contributed by atoms with Crippen molar-refractivity contribution in [2.24, 2.45) is 0 Å². The molecule has 0 unspecified atom stereocenters. The molecule has 1 atom stereocenters. The smallest absolute Gasteiger partial charge is 0.283 e. The number of benzene rings is 2. The topological polar surface area (TPSA) is 195 Å². The number of hydrogen-bond donors (Lipinski definition) is 5. The third-order valence-corrected chi connectivity index (χ3v) is 12.6. The summed E-state index contributed by atoms with van der Waals surface area (Å²) in [5.74, 6) is 0.153. The second-order valence-electron chi connectivity index (χ2n) is 13.5. The summed E-state index contributed by atoms with van der Waals surface area (Å²) in [6.45, 7) is 1.68. The van der Waals surface area contributed by atoms with Crippen LogP contribution in [0.3, 0.4) is 0 Å². The molecular formula is C39H40N10O5S3. The average Bonchev–Trinajstić information content (AvgIpc) is 3.64. The molecule has 2 amide bonds. The Morgan fingerprint density at radius 2 is 1.82 bits per heavy atom. The zero-order valence-corrected chi connectivity index (χ0v) is 33.5. The van der Waals surface area contributed by atoms with Gasteiger partial charge >= 0.3 is 0 Å². The lowest BCUT2D eigenvalue weighted by Crippen LogP contribution is -2.34. The Kier molecular flexibility index (Phi) is 12.2. The van der Waals surface area contributed by atoms with E-state index in [-0.39, 0.29) is 34.0 Å². The molecule has 0 radical (unpaired) electrons. The second-order valence-corrected chi connectivity index (χ2v) is 17.3. The summed E-state index contributed by atoms with van der Waals surface area (Å²) in [5, 5.41) is 16.7. The number of thioether (sulfide) groups is 1. The van der Waals surface area contributed by atoms with Gasteiger partial charge in [0.25, 0.3) is 21.8 Å². The maximum absolute atomic E-state index is 13.5. The number of anilines is 4. The van der Waals surface area contributed by atoms with Gasteiger partial charge in [0.05, 0.1) is 10.2 Å². The fraction of sp³-hybridized carbons (Fsp3) is 0.231. The Hall–Kier alpha value is -5.66. The lowest BCUT2D eigenvalue weighted by atomic mass is 9.94. The number of pyridine rings is 3. The van der Waals surface area contributed by atoms with E-state index in [1.54, 1.807) is 48.4 Å². The number of aromatic nitrogens is 4. The molecule has 1 aliphatic heterocycles. The van der Waals surface area contributed by atoms with E-state index in [4.69, 9.17) is 0 Å². The molecule has 5 heterocycles. The first-order valence-corrected chi connectivity index (χ1v) is 21.3. The molecule has 18 heteroatoms. The molecule has 0 saturated carbocycles. The van der Waals surface area contributed by atoms with Gasteiger partial charge in [0.1, 0.15) is 22.1 Å². The van der Waals surface area contributed by atoms with Crippen LogP contribution in [0.25, 0.3) is 10.2 Å². The van der Waals surface area contributed by atoms with Crippen molar-refractivity contribution in [2.45, 2.75) is 35.2 Å². The first-order chi connectivity index (χ1) is 27.6. The van der Waals surface area contributed by atoms with E-state index in [9.17, 15) is 23.2 Å². The van der Waals surface area contributed by atoms with Crippen molar-refractivity contribution in [2.75, 3.05) is 54.0 Å². The van der Waals surface area contributed by atoms with E-state index in [1.165, 1.54) is 23.5 Å². The van der Waals surface area contributed by atoms with Gasteiger partial charge in [-0.05, 0) is 87.1 Å². The van der Waals surface area contributed by atoms with Crippen molar-refractivity contribution in [3.05, 3.63) is 120 Å². The molecule has 0 fully saturated rings. The minimum Gasteiger partial charge on any atom is -0.365 e. The van der Waals surface area contributed by atoms with Crippen molar-refractivity contribution in [1.29, 1.82) is 0 Å². The molecule has 4 aromatic heterocycles. The SMILES string of the molecule is CN(C)CC[C@H](CSc1ccccc1)Nc1ncc(S(=O)(=O)NC(=O)c2cccc(N3CCc4cccc(C(=O)Nc5nc6ccncc6s5)c4C3)n2)cc1NO. The van der Waals surface area contributed by atoms with Gasteiger partial charge in [-0.15, -0.1) is 11.8 Å². The largest absolute Gasteiger partial charge is 0.365 e. The Bertz CT molecular complexity index is 2470. The molecule has 1 aliphatic rings. The van der Waals surface area contributed by atoms with Gasteiger partial charge in [0.2, 0.25) is 0 Å². The number of thiazole rings is 1. The molecule has 15 nitrogen and oxygen atoms in total. The van der Waals surface area contributed by atoms with Gasteiger partial charge in [0.15, 0.2) is 10.9 Å². The Labute approximate surface area is 338 Å². The maximum Gasteiger partial charge on any atom is 0.283 e. The van der Waals surface area contributed by atoms with Gasteiger partial charge in [-0.2, -0.15) is 0 Å². The molecule has 0 saturated heterocycles. The van der Waals surface area contributed by atoms with E-state index in [2.05, 4.69) is 40.2 Å². The number of amides is 2. The predicted octanol–water partition coefficient (Wildman–Crippen LogP) is 5.74. The molecule has 0 aliphatic carbocycles. The van der Waals surface area contributed by atoms with Crippen LogP contribution in [-0.2, 0) is 23.0 Å². The van der Waals surface area contributed by atoms with Crippen molar-refractivity contribution >= 4 is 77.6 Å². The zero-order chi connectivity index (χ0) is 39.9. The van der Waals surface area contributed by atoms with Crippen LogP contribution in [0.4, 0.5) is 22.5 Å². The second kappa shape index (κ2) is 17.6. The van der Waals surface area contributed by atoms with Gasteiger partial charge < -0.3 is 15.1 Å². The van der Waals surface area contributed by atoms with Crippen molar-refractivity contribution < 1.29 is 23.2 Å². The molecular weight excluding hydrogens is 785 g/mol. The van der Waals surface area contributed by atoms with Crippen LogP contribution in [0.1, 0.15) is 38.4 Å². The number of carbonyl (C=O) groups excluding carboxylic acids is 2. The highest BCUT2D eigenvalue weighted by molar-refractivity contribution is 7.99. The van der Waals surface area contributed by atoms with Crippen molar-refractivity contribution in [3.63, 3.8) is 0 Å². The highest BCUT2D eigenvalue weighted by atomic mass is 32.2. The maximum atomic E-state index is 13.5. The van der Waals surface area contributed by atoms with Crippen LogP contribution in [0.15, 0.2) is 107 Å². The van der Waals surface area contributed by atoms with Crippen molar-refractivity contribution in [1.82, 2.24) is 29.6 Å². The number of fused-ring (bicyclic) bond motifs is 2. The molecule has 7 rings (SSSR count). The molecule has 5 N–H and O–H groups in total. The quantitative estimate of drug-likeness (QED) is 0.0622. The Morgan fingerprint density at radius 1 is 1.00 bits per heavy atom. The number of sulfonamides is 1. The number of nitrogens with zero attached hydrogens (tertiary/aromatic N) is 6. The van der Waals surface area contributed by atoms with Crippen LogP contribution in [0.2, 0.25) is 0 Å². The third-order valence-electron chi connectivity index (χ3n) is 9.20. The normalized spacial score (nSPS) is 13.2. The minimum absolute atomic E-state index is 0.0285. The van der Waals surface area contributed by atoms with Gasteiger partial charge in [-0.1, -0.05) is 47.7 Å². The number of carbonyl (C=O) groups is 2. The van der Waals surface area contributed by atoms with E-state index >= 15 is 0 Å². The van der Waals surface area contributed by atoms with Gasteiger partial charge in [-0.25, -0.2) is 28.1 Å². The predicted molar refractivity (Wildman–Crippen MR) is 223 cm³/mol. The number of rotatable bonds is 15. The first kappa shape index (κ1) is 39.6. The monoisotopic (exact) mass is 824 g/mol. The molecule has 6 aromatic rings. The van der Waals surface area contributed by atoms with E-state index in [0.29, 0.717) is 41.8 Å². The molecule has 57 heavy (non-hydrogen) atoms. The first-order valence-electron chi connectivity index (χ1n) is 18.0. The molecule has 2 aromatic carbocycles. The lowest BCUT2D eigenvalue weighted by molar-refractivity contribution is 0.0975. The standard InChI is InChI=1S/C39H40N10O5S3/c1-48(2)18-16-26(24-55-27-9-4-3-5-10-27)42-36-33(46-52)20-28(21-41-36)57(53,54)47-38(51)32-12-7-13-35(43-32)49-19-15-25-8-6-11-29(30(25)23-49)37(50)45-39-44-31-14-17-40-22-34(31)56-39/h3-14,17,20-22,26,46,52H,15-16,18-19,23-24H2,1-2H3,(H,41,42)(H,47,51)(H,44,45,50)/t26-/m1/s1. The zero-order valence-electron chi connectivity index (χ0n) is 31.0. The third kappa shape index (κ3) is 9.66. The van der Waals surface area contributed by atoms with Crippen LogP contribution >= 0.6 is 23.1 Å². The molecule has 0 bridgehead atoms. The summed E-state index contributed by atoms with van der Waals surface area (Å²) in [7, 11) is -0.474. The Morgan fingerprint density at radius 3 is 2.61 bits per heavy atom. The summed E-state index contributed by atoms with van der Waals surface area (Å²) >= 11 is 3.01. The fourth-order valence-corrected chi connectivity index (χ4v) is 9.01. The average molecular weight is 825 g/mol. The summed E-state index contributed by atoms with van der Waals surface area (Å²) in [4.78, 5) is 49.1. The number of nitrogens with one attached hydrogen (secondary N) is 4. The fourth-order valence-electron chi connectivity index (χ4n) is 6.26. The molecule has 0 spiro atoms. The number of hydrogen-bond acceptors (Lipinski definition) is 15. The summed E-state index contributed by atoms with van der Waals surface area (Å²) < 4.78 is 29.9. The van der Waals surface area contributed by atoms with Crippen LogP contribution < -0.4 is 25.7 Å². The van der Waals surface area contributed by atoms with Crippen LogP contribution in [0, 0.1) is 0 Å². The van der Waals surface area contributed by atoms with Crippen LogP contribution in [-0.4, -0.2) is 89.3 Å². The van der Waals surface area contributed by atoms with Gasteiger partial charge in [-0.3, -0.25) is 30.6 Å². The van der Waals surface area contributed by atoms with E-state index in [1.807, 2.05) is 66.9 Å². The summed E-state index contributed by atoms with van der Waals surface area (Å²) in [5.41, 5.74) is 5.04. The van der Waals surface area contributed by atoms with Crippen LogP contribution in [0.5, 0.6) is 0 Å². The van der Waals surface area contributed by atoms with Gasteiger partial charge in [0, 0.05) is 53.9 Å². The summed E-state index contributed by atoms with van der Waals surface area (Å²) in [6, 6.07) is 23.3. The van der Waals surface area contributed by atoms with E-state index < -0.39 is 15.9 Å². The Balaban J connectivity index is 1.03. The van der Waals surface area contributed by atoms with E-state index in [0.717, 1.165) is 45.4 Å². The highest BCUT2D eigenvalue weighted by Gasteiger charge is 2.26. The molecule has 294 valence electrons.